The first-order chi connectivity index (χ1) is 8.68. The fourth-order valence-corrected chi connectivity index (χ4v) is 1.75. The molecule has 1 amide bonds. The van der Waals surface area contributed by atoms with Crippen molar-refractivity contribution in [2.75, 3.05) is 6.54 Å². The molecule has 0 fully saturated rings. The molecule has 0 aliphatic rings. The number of benzene rings is 1. The first-order valence-electron chi connectivity index (χ1n) is 6.16. The topological polar surface area (TPSA) is 54.9 Å². The molecule has 1 N–H and O–H groups in total. The van der Waals surface area contributed by atoms with Crippen molar-refractivity contribution in [3.63, 3.8) is 0 Å². The van der Waals surface area contributed by atoms with E-state index in [2.05, 4.69) is 29.1 Å². The maximum Gasteiger partial charge on any atom is 0.253 e. The van der Waals surface area contributed by atoms with E-state index in [-0.39, 0.29) is 5.91 Å². The van der Waals surface area contributed by atoms with Gasteiger partial charge in [0, 0.05) is 18.9 Å². The summed E-state index contributed by atoms with van der Waals surface area (Å²) < 4.78 is 0. The summed E-state index contributed by atoms with van der Waals surface area (Å²) in [5, 5.41) is 2.92. The highest BCUT2D eigenvalue weighted by Crippen LogP contribution is 2.13. The average Bonchev–Trinajstić information content (AvgIpc) is 2.37. The highest BCUT2D eigenvalue weighted by molar-refractivity contribution is 6.04. The summed E-state index contributed by atoms with van der Waals surface area (Å²) in [4.78, 5) is 20.5. The molecule has 0 saturated heterocycles. The first kappa shape index (κ1) is 12.5. The van der Waals surface area contributed by atoms with Crippen LogP contribution in [0.25, 0.3) is 11.0 Å². The number of hydrogen-bond acceptors (Lipinski definition) is 3. The van der Waals surface area contributed by atoms with Crippen molar-refractivity contribution in [2.45, 2.75) is 20.3 Å². The zero-order valence-corrected chi connectivity index (χ0v) is 10.7. The Morgan fingerprint density at radius 3 is 2.83 bits per heavy atom. The molecule has 0 aliphatic carbocycles. The highest BCUT2D eigenvalue weighted by Gasteiger charge is 2.10. The highest BCUT2D eigenvalue weighted by atomic mass is 16.1. The number of hydrogen-bond donors (Lipinski definition) is 1. The monoisotopic (exact) mass is 243 g/mol. The minimum Gasteiger partial charge on any atom is -0.352 e. The number of amides is 1. The van der Waals surface area contributed by atoms with Gasteiger partial charge in [-0.3, -0.25) is 14.8 Å². The van der Waals surface area contributed by atoms with Gasteiger partial charge >= 0.3 is 0 Å². The molecule has 2 aromatic rings. The van der Waals surface area contributed by atoms with E-state index in [1.165, 1.54) is 0 Å². The summed E-state index contributed by atoms with van der Waals surface area (Å²) in [5.74, 6) is 0.499. The third kappa shape index (κ3) is 2.83. The normalized spacial score (nSPS) is 10.8. The second-order valence-electron chi connectivity index (χ2n) is 4.67. The lowest BCUT2D eigenvalue weighted by Crippen LogP contribution is -2.25. The van der Waals surface area contributed by atoms with Crippen LogP contribution >= 0.6 is 0 Å². The van der Waals surface area contributed by atoms with E-state index < -0.39 is 0 Å². The van der Waals surface area contributed by atoms with Gasteiger partial charge in [-0.1, -0.05) is 19.9 Å². The molecule has 0 aliphatic heterocycles. The maximum atomic E-state index is 12.1. The van der Waals surface area contributed by atoms with Gasteiger partial charge in [0.15, 0.2) is 0 Å². The summed E-state index contributed by atoms with van der Waals surface area (Å²) in [6.45, 7) is 4.96. The van der Waals surface area contributed by atoms with E-state index in [0.717, 1.165) is 11.9 Å². The Morgan fingerprint density at radius 1 is 1.28 bits per heavy atom. The summed E-state index contributed by atoms with van der Waals surface area (Å²) in [6, 6.07) is 5.46. The molecule has 4 nitrogen and oxygen atoms in total. The fraction of sp³-hybridized carbons (Fsp3) is 0.357. The molecule has 0 bridgehead atoms. The van der Waals surface area contributed by atoms with E-state index in [9.17, 15) is 4.79 Å². The van der Waals surface area contributed by atoms with E-state index in [0.29, 0.717) is 23.5 Å². The second-order valence-corrected chi connectivity index (χ2v) is 4.67. The molecule has 18 heavy (non-hydrogen) atoms. The minimum atomic E-state index is -0.0817. The lowest BCUT2D eigenvalue weighted by molar-refractivity contribution is 0.0953. The van der Waals surface area contributed by atoms with Crippen LogP contribution < -0.4 is 5.32 Å². The van der Waals surface area contributed by atoms with E-state index in [4.69, 9.17) is 0 Å². The Balaban J connectivity index is 2.17. The van der Waals surface area contributed by atoms with Crippen LogP contribution in [0, 0.1) is 5.92 Å². The average molecular weight is 243 g/mol. The van der Waals surface area contributed by atoms with Gasteiger partial charge in [0.05, 0.1) is 11.1 Å². The standard InChI is InChI=1S/C14H17N3O/c1-10(2)6-7-17-14(18)11-4-3-5-12-13(11)16-9-8-15-12/h3-5,8-10H,6-7H2,1-2H3,(H,17,18). The molecule has 1 aromatic heterocycles. The number of carbonyl (C=O) groups is 1. The van der Waals surface area contributed by atoms with E-state index >= 15 is 0 Å². The first-order valence-corrected chi connectivity index (χ1v) is 6.16. The molecule has 94 valence electrons. The molecule has 0 unspecified atom stereocenters. The van der Waals surface area contributed by atoms with Crippen LogP contribution in [0.5, 0.6) is 0 Å². The fourth-order valence-electron chi connectivity index (χ4n) is 1.75. The molecule has 0 spiro atoms. The lowest BCUT2D eigenvalue weighted by atomic mass is 10.1. The van der Waals surface area contributed by atoms with Crippen molar-refractivity contribution in [2.24, 2.45) is 5.92 Å². The van der Waals surface area contributed by atoms with Gasteiger partial charge in [0.1, 0.15) is 5.52 Å². The van der Waals surface area contributed by atoms with Gasteiger partial charge in [-0.2, -0.15) is 0 Å². The molecule has 0 saturated carbocycles. The van der Waals surface area contributed by atoms with Gasteiger partial charge < -0.3 is 5.32 Å². The van der Waals surface area contributed by atoms with Crippen LogP contribution in [-0.4, -0.2) is 22.4 Å². The summed E-state index contributed by atoms with van der Waals surface area (Å²) in [5.41, 5.74) is 1.99. The lowest BCUT2D eigenvalue weighted by Gasteiger charge is -2.08. The third-order valence-electron chi connectivity index (χ3n) is 2.75. The van der Waals surface area contributed by atoms with Crippen molar-refractivity contribution in [3.05, 3.63) is 36.2 Å². The van der Waals surface area contributed by atoms with Crippen LogP contribution in [0.1, 0.15) is 30.6 Å². The van der Waals surface area contributed by atoms with Gasteiger partial charge in [-0.25, -0.2) is 0 Å². The smallest absolute Gasteiger partial charge is 0.253 e. The number of nitrogens with zero attached hydrogens (tertiary/aromatic N) is 2. The van der Waals surface area contributed by atoms with Crippen molar-refractivity contribution >= 4 is 16.9 Å². The minimum absolute atomic E-state index is 0.0817. The van der Waals surface area contributed by atoms with Crippen molar-refractivity contribution < 1.29 is 4.79 Å². The maximum absolute atomic E-state index is 12.1. The van der Waals surface area contributed by atoms with Crippen LogP contribution in [0.4, 0.5) is 0 Å². The Kier molecular flexibility index (Phi) is 3.87. The number of rotatable bonds is 4. The Hall–Kier alpha value is -1.97. The van der Waals surface area contributed by atoms with Crippen molar-refractivity contribution in [1.82, 2.24) is 15.3 Å². The Labute approximate surface area is 106 Å². The van der Waals surface area contributed by atoms with Gasteiger partial charge in [-0.15, -0.1) is 0 Å². The van der Waals surface area contributed by atoms with Crippen molar-refractivity contribution in [1.29, 1.82) is 0 Å². The van der Waals surface area contributed by atoms with E-state index in [1.807, 2.05) is 12.1 Å². The van der Waals surface area contributed by atoms with Gasteiger partial charge in [0.25, 0.3) is 5.91 Å². The largest absolute Gasteiger partial charge is 0.352 e. The molecule has 0 radical (unpaired) electrons. The number of para-hydroxylation sites is 1. The molecule has 1 aromatic carbocycles. The summed E-state index contributed by atoms with van der Waals surface area (Å²) in [6.07, 6.45) is 4.21. The quantitative estimate of drug-likeness (QED) is 0.897. The molecule has 4 heteroatoms. The van der Waals surface area contributed by atoms with Crippen molar-refractivity contribution in [3.8, 4) is 0 Å². The number of carbonyl (C=O) groups excluding carboxylic acids is 1. The number of fused-ring (bicyclic) bond motifs is 1. The number of nitrogens with one attached hydrogen (secondary N) is 1. The summed E-state index contributed by atoms with van der Waals surface area (Å²) in [7, 11) is 0. The van der Waals surface area contributed by atoms with Gasteiger partial charge in [-0.05, 0) is 24.5 Å². The molecule has 0 atom stereocenters. The molecular formula is C14H17N3O. The third-order valence-corrected chi connectivity index (χ3v) is 2.75. The van der Waals surface area contributed by atoms with Gasteiger partial charge in [0.2, 0.25) is 0 Å². The SMILES string of the molecule is CC(C)CCNC(=O)c1cccc2nccnc12. The summed E-state index contributed by atoms with van der Waals surface area (Å²) >= 11 is 0. The molecule has 1 heterocycles. The zero-order valence-electron chi connectivity index (χ0n) is 10.7. The second kappa shape index (κ2) is 5.58. The Morgan fingerprint density at radius 2 is 2.06 bits per heavy atom. The van der Waals surface area contributed by atoms with E-state index in [1.54, 1.807) is 18.5 Å². The Bertz CT molecular complexity index is 546. The zero-order chi connectivity index (χ0) is 13.0. The van der Waals surface area contributed by atoms with Crippen LogP contribution in [0.15, 0.2) is 30.6 Å². The molecule has 2 rings (SSSR count). The van der Waals surface area contributed by atoms with Crippen LogP contribution in [0.2, 0.25) is 0 Å². The number of aromatic nitrogens is 2. The molecular weight excluding hydrogens is 226 g/mol. The predicted molar refractivity (Wildman–Crippen MR) is 71.3 cm³/mol. The van der Waals surface area contributed by atoms with Crippen LogP contribution in [-0.2, 0) is 0 Å². The van der Waals surface area contributed by atoms with Crippen LogP contribution in [0.3, 0.4) is 0 Å². The predicted octanol–water partition coefficient (Wildman–Crippen LogP) is 2.41.